The topological polar surface area (TPSA) is 0 Å². The molecular weight excluding hydrogens is 204 g/mol. The van der Waals surface area contributed by atoms with Crippen molar-refractivity contribution < 1.29 is 0 Å². The zero-order chi connectivity index (χ0) is 12.5. The van der Waals surface area contributed by atoms with E-state index in [-0.39, 0.29) is 5.41 Å². The number of benzene rings is 2. The molecule has 2 aromatic rings. The maximum Gasteiger partial charge on any atom is -0.0132 e. The van der Waals surface area contributed by atoms with Crippen LogP contribution in [0.2, 0.25) is 0 Å². The lowest BCUT2D eigenvalue weighted by Crippen LogP contribution is -2.11. The zero-order valence-corrected chi connectivity index (χ0v) is 11.1. The molecule has 0 aliphatic heterocycles. The molecule has 2 aromatic carbocycles. The third-order valence-electron chi connectivity index (χ3n) is 3.19. The van der Waals surface area contributed by atoms with E-state index in [1.807, 2.05) is 0 Å². The SMILES string of the molecule is Cc1ccc(C(C)(C)C)cc1-c1ccccc1. The molecule has 0 aliphatic rings. The summed E-state index contributed by atoms with van der Waals surface area (Å²) in [7, 11) is 0. The van der Waals surface area contributed by atoms with Gasteiger partial charge in [-0.2, -0.15) is 0 Å². The van der Waals surface area contributed by atoms with Crippen molar-refractivity contribution in [2.75, 3.05) is 0 Å². The third kappa shape index (κ3) is 2.58. The summed E-state index contributed by atoms with van der Waals surface area (Å²) in [5.74, 6) is 0. The smallest absolute Gasteiger partial charge is 0.0132 e. The van der Waals surface area contributed by atoms with E-state index in [1.165, 1.54) is 22.3 Å². The van der Waals surface area contributed by atoms with Gasteiger partial charge in [-0.05, 0) is 34.6 Å². The largest absolute Gasteiger partial charge is 0.0622 e. The first-order valence-electron chi connectivity index (χ1n) is 6.15. The van der Waals surface area contributed by atoms with Crippen LogP contribution in [0.3, 0.4) is 0 Å². The molecule has 0 aliphatic carbocycles. The fraction of sp³-hybridized carbons (Fsp3) is 0.294. The summed E-state index contributed by atoms with van der Waals surface area (Å²) in [4.78, 5) is 0. The lowest BCUT2D eigenvalue weighted by atomic mass is 9.84. The summed E-state index contributed by atoms with van der Waals surface area (Å²) in [5.41, 5.74) is 5.58. The van der Waals surface area contributed by atoms with Crippen LogP contribution in [-0.2, 0) is 5.41 Å². The Bertz CT molecular complexity index is 501. The highest BCUT2D eigenvalue weighted by Crippen LogP contribution is 2.29. The lowest BCUT2D eigenvalue weighted by molar-refractivity contribution is 0.590. The normalized spacial score (nSPS) is 11.5. The second kappa shape index (κ2) is 4.37. The molecule has 0 spiro atoms. The maximum absolute atomic E-state index is 2.32. The van der Waals surface area contributed by atoms with Gasteiger partial charge in [-0.15, -0.1) is 0 Å². The molecule has 0 N–H and O–H groups in total. The average Bonchev–Trinajstić information content (AvgIpc) is 2.29. The average molecular weight is 224 g/mol. The molecule has 0 aromatic heterocycles. The predicted octanol–water partition coefficient (Wildman–Crippen LogP) is 4.96. The van der Waals surface area contributed by atoms with Crippen LogP contribution in [0.15, 0.2) is 48.5 Å². The van der Waals surface area contributed by atoms with Crippen LogP contribution < -0.4 is 0 Å². The number of hydrogen-bond acceptors (Lipinski definition) is 0. The Kier molecular flexibility index (Phi) is 3.06. The van der Waals surface area contributed by atoms with Crippen LogP contribution in [0.1, 0.15) is 31.9 Å². The molecule has 0 heteroatoms. The lowest BCUT2D eigenvalue weighted by Gasteiger charge is -2.21. The molecular formula is C17H20. The Morgan fingerprint density at radius 2 is 1.47 bits per heavy atom. The van der Waals surface area contributed by atoms with Crippen molar-refractivity contribution >= 4 is 0 Å². The van der Waals surface area contributed by atoms with E-state index in [0.29, 0.717) is 0 Å². The molecule has 88 valence electrons. The monoisotopic (exact) mass is 224 g/mol. The molecule has 0 radical (unpaired) electrons. The highest BCUT2D eigenvalue weighted by atomic mass is 14.2. The summed E-state index contributed by atoms with van der Waals surface area (Å²) in [6.45, 7) is 8.94. The molecule has 0 fully saturated rings. The predicted molar refractivity (Wildman–Crippen MR) is 75.3 cm³/mol. The Morgan fingerprint density at radius 1 is 0.824 bits per heavy atom. The molecule has 0 atom stereocenters. The zero-order valence-electron chi connectivity index (χ0n) is 11.1. The fourth-order valence-electron chi connectivity index (χ4n) is 2.02. The van der Waals surface area contributed by atoms with Gasteiger partial charge in [-0.1, -0.05) is 69.3 Å². The van der Waals surface area contributed by atoms with Crippen LogP contribution in [0.5, 0.6) is 0 Å². The first kappa shape index (κ1) is 11.9. The Labute approximate surface area is 104 Å². The first-order valence-corrected chi connectivity index (χ1v) is 6.15. The van der Waals surface area contributed by atoms with Crippen molar-refractivity contribution in [2.45, 2.75) is 33.1 Å². The molecule has 17 heavy (non-hydrogen) atoms. The van der Waals surface area contributed by atoms with Crippen LogP contribution in [0.25, 0.3) is 11.1 Å². The van der Waals surface area contributed by atoms with Gasteiger partial charge in [0.2, 0.25) is 0 Å². The van der Waals surface area contributed by atoms with E-state index < -0.39 is 0 Å². The number of hydrogen-bond donors (Lipinski definition) is 0. The van der Waals surface area contributed by atoms with Gasteiger partial charge in [0.25, 0.3) is 0 Å². The van der Waals surface area contributed by atoms with Crippen molar-refractivity contribution in [1.82, 2.24) is 0 Å². The highest BCUT2D eigenvalue weighted by Gasteiger charge is 2.14. The molecule has 0 bridgehead atoms. The van der Waals surface area contributed by atoms with Gasteiger partial charge in [0.15, 0.2) is 0 Å². The van der Waals surface area contributed by atoms with Crippen molar-refractivity contribution in [2.24, 2.45) is 0 Å². The van der Waals surface area contributed by atoms with Gasteiger partial charge in [0.05, 0.1) is 0 Å². The molecule has 2 rings (SSSR count). The summed E-state index contributed by atoms with van der Waals surface area (Å²) in [5, 5.41) is 0. The molecule has 0 heterocycles. The minimum absolute atomic E-state index is 0.206. The van der Waals surface area contributed by atoms with E-state index in [0.717, 1.165) is 0 Å². The molecule has 0 amide bonds. The molecule has 0 saturated carbocycles. The Morgan fingerprint density at radius 3 is 2.06 bits per heavy atom. The van der Waals surface area contributed by atoms with Crippen LogP contribution in [-0.4, -0.2) is 0 Å². The van der Waals surface area contributed by atoms with Crippen LogP contribution in [0.4, 0.5) is 0 Å². The Hall–Kier alpha value is -1.56. The summed E-state index contributed by atoms with van der Waals surface area (Å²) >= 11 is 0. The van der Waals surface area contributed by atoms with E-state index in [9.17, 15) is 0 Å². The van der Waals surface area contributed by atoms with Gasteiger partial charge in [0, 0.05) is 0 Å². The number of rotatable bonds is 1. The van der Waals surface area contributed by atoms with E-state index >= 15 is 0 Å². The van der Waals surface area contributed by atoms with Gasteiger partial charge >= 0.3 is 0 Å². The molecule has 0 unspecified atom stereocenters. The standard InChI is InChI=1S/C17H20/c1-13-10-11-15(17(2,3)4)12-16(13)14-8-6-5-7-9-14/h5-12H,1-4H3. The van der Waals surface area contributed by atoms with Gasteiger partial charge in [-0.3, -0.25) is 0 Å². The second-order valence-electron chi connectivity index (χ2n) is 5.65. The summed E-state index contributed by atoms with van der Waals surface area (Å²) in [6.07, 6.45) is 0. The second-order valence-corrected chi connectivity index (χ2v) is 5.65. The van der Waals surface area contributed by atoms with Gasteiger partial charge in [0.1, 0.15) is 0 Å². The van der Waals surface area contributed by atoms with Crippen LogP contribution in [0, 0.1) is 6.92 Å². The fourth-order valence-corrected chi connectivity index (χ4v) is 2.02. The minimum atomic E-state index is 0.206. The van der Waals surface area contributed by atoms with Crippen molar-refractivity contribution in [3.63, 3.8) is 0 Å². The Balaban J connectivity index is 2.55. The summed E-state index contributed by atoms with van der Waals surface area (Å²) in [6, 6.07) is 17.4. The minimum Gasteiger partial charge on any atom is -0.0622 e. The first-order chi connectivity index (χ1) is 7.98. The maximum atomic E-state index is 2.32. The van der Waals surface area contributed by atoms with Crippen molar-refractivity contribution in [3.05, 3.63) is 59.7 Å². The third-order valence-corrected chi connectivity index (χ3v) is 3.19. The van der Waals surface area contributed by atoms with Gasteiger partial charge < -0.3 is 0 Å². The van der Waals surface area contributed by atoms with Gasteiger partial charge in [-0.25, -0.2) is 0 Å². The van der Waals surface area contributed by atoms with Crippen molar-refractivity contribution in [1.29, 1.82) is 0 Å². The van der Waals surface area contributed by atoms with E-state index in [4.69, 9.17) is 0 Å². The van der Waals surface area contributed by atoms with E-state index in [1.54, 1.807) is 0 Å². The molecule has 0 saturated heterocycles. The van der Waals surface area contributed by atoms with E-state index in [2.05, 4.69) is 76.2 Å². The quantitative estimate of drug-likeness (QED) is 0.642. The van der Waals surface area contributed by atoms with Crippen molar-refractivity contribution in [3.8, 4) is 11.1 Å². The highest BCUT2D eigenvalue weighted by molar-refractivity contribution is 5.68. The molecule has 0 nitrogen and oxygen atoms in total. The van der Waals surface area contributed by atoms with Crippen LogP contribution >= 0.6 is 0 Å². The summed E-state index contributed by atoms with van der Waals surface area (Å²) < 4.78 is 0. The number of aryl methyl sites for hydroxylation is 1.